The number of hydrogen-bond acceptors (Lipinski definition) is 3. The molecule has 1 heterocycles. The molecule has 6 nitrogen and oxygen atoms in total. The van der Waals surface area contributed by atoms with Crippen LogP contribution in [0.15, 0.2) is 18.2 Å². The Morgan fingerprint density at radius 3 is 2.85 bits per heavy atom. The van der Waals surface area contributed by atoms with Gasteiger partial charge in [-0.1, -0.05) is 0 Å². The molecule has 1 aliphatic heterocycles. The normalized spacial score (nSPS) is 12.6. The van der Waals surface area contributed by atoms with E-state index in [0.29, 0.717) is 12.1 Å². The van der Waals surface area contributed by atoms with Crippen LogP contribution in [0.5, 0.6) is 0 Å². The second-order valence-corrected chi connectivity index (χ2v) is 4.69. The number of nitrogens with zero attached hydrogens (tertiary/aromatic N) is 1. The maximum Gasteiger partial charge on any atom is 0.251 e. The van der Waals surface area contributed by atoms with Gasteiger partial charge in [-0.05, 0) is 30.7 Å². The van der Waals surface area contributed by atoms with Gasteiger partial charge in [0.2, 0.25) is 11.8 Å². The first-order valence-corrected chi connectivity index (χ1v) is 6.46. The van der Waals surface area contributed by atoms with E-state index in [0.717, 1.165) is 11.3 Å². The van der Waals surface area contributed by atoms with E-state index in [4.69, 9.17) is 0 Å². The Morgan fingerprint density at radius 1 is 1.40 bits per heavy atom. The summed E-state index contributed by atoms with van der Waals surface area (Å²) >= 11 is 0. The summed E-state index contributed by atoms with van der Waals surface area (Å²) in [5.74, 6) is -0.527. The molecule has 20 heavy (non-hydrogen) atoms. The van der Waals surface area contributed by atoms with Crippen LogP contribution in [0, 0.1) is 0 Å². The molecule has 0 unspecified atom stereocenters. The molecule has 0 aliphatic carbocycles. The van der Waals surface area contributed by atoms with Crippen LogP contribution in [0.4, 0.5) is 5.69 Å². The van der Waals surface area contributed by atoms with Crippen LogP contribution in [0.2, 0.25) is 0 Å². The molecule has 0 radical (unpaired) electrons. The van der Waals surface area contributed by atoms with E-state index in [1.165, 1.54) is 4.90 Å². The van der Waals surface area contributed by atoms with Crippen molar-refractivity contribution in [1.29, 1.82) is 0 Å². The van der Waals surface area contributed by atoms with Gasteiger partial charge in [0, 0.05) is 24.8 Å². The molecule has 3 amide bonds. The van der Waals surface area contributed by atoms with Crippen molar-refractivity contribution in [3.8, 4) is 0 Å². The highest BCUT2D eigenvalue weighted by molar-refractivity contribution is 6.02. The van der Waals surface area contributed by atoms with Gasteiger partial charge in [0.05, 0.1) is 13.0 Å². The number of rotatable bonds is 4. The first kappa shape index (κ1) is 14.0. The minimum absolute atomic E-state index is 0.0303. The lowest BCUT2D eigenvalue weighted by Gasteiger charge is -2.14. The molecule has 0 atom stereocenters. The Balaban J connectivity index is 1.99. The van der Waals surface area contributed by atoms with Gasteiger partial charge in [0.15, 0.2) is 0 Å². The molecule has 0 fully saturated rings. The zero-order valence-corrected chi connectivity index (χ0v) is 11.5. The summed E-state index contributed by atoms with van der Waals surface area (Å²) in [5.41, 5.74) is 2.00. The summed E-state index contributed by atoms with van der Waals surface area (Å²) in [5, 5.41) is 5.29. The van der Waals surface area contributed by atoms with Crippen molar-refractivity contribution in [3.63, 3.8) is 0 Å². The molecule has 0 spiro atoms. The quantitative estimate of drug-likeness (QED) is 0.834. The summed E-state index contributed by atoms with van der Waals surface area (Å²) in [6.45, 7) is 2.43. The lowest BCUT2D eigenvalue weighted by molar-refractivity contribution is -0.128. The Morgan fingerprint density at radius 2 is 2.15 bits per heavy atom. The zero-order valence-electron chi connectivity index (χ0n) is 11.5. The molecular formula is C14H17N3O3. The third-order valence-electron chi connectivity index (χ3n) is 3.29. The summed E-state index contributed by atoms with van der Waals surface area (Å²) < 4.78 is 0. The number of amides is 3. The van der Waals surface area contributed by atoms with Gasteiger partial charge in [-0.3, -0.25) is 14.4 Å². The minimum Gasteiger partial charge on any atom is -0.345 e. The fourth-order valence-corrected chi connectivity index (χ4v) is 1.94. The summed E-state index contributed by atoms with van der Waals surface area (Å²) in [4.78, 5) is 36.3. The highest BCUT2D eigenvalue weighted by Crippen LogP contribution is 2.23. The number of benzene rings is 1. The smallest absolute Gasteiger partial charge is 0.251 e. The molecule has 0 bridgehead atoms. The van der Waals surface area contributed by atoms with Crippen molar-refractivity contribution in [2.45, 2.75) is 13.3 Å². The molecule has 1 aromatic carbocycles. The molecule has 6 heteroatoms. The Kier molecular flexibility index (Phi) is 4.02. The van der Waals surface area contributed by atoms with E-state index >= 15 is 0 Å². The van der Waals surface area contributed by atoms with E-state index in [1.807, 2.05) is 6.92 Å². The highest BCUT2D eigenvalue weighted by Gasteiger charge is 2.19. The minimum atomic E-state index is -0.315. The number of anilines is 1. The number of carbonyl (C=O) groups is 3. The van der Waals surface area contributed by atoms with Crippen molar-refractivity contribution in [2.75, 3.05) is 25.5 Å². The molecule has 1 aliphatic rings. The van der Waals surface area contributed by atoms with Crippen LogP contribution in [0.25, 0.3) is 0 Å². The average molecular weight is 275 g/mol. The Bertz CT molecular complexity index is 569. The van der Waals surface area contributed by atoms with Gasteiger partial charge in [0.1, 0.15) is 0 Å². The predicted octanol–water partition coefficient (Wildman–Crippen LogP) is 0.389. The number of fused-ring (bicyclic) bond motifs is 1. The van der Waals surface area contributed by atoms with Crippen LogP contribution in [0.3, 0.4) is 0 Å². The number of nitrogens with one attached hydrogen (secondary N) is 2. The molecule has 2 N–H and O–H groups in total. The summed E-state index contributed by atoms with van der Waals surface area (Å²) in [7, 11) is 1.68. The van der Waals surface area contributed by atoms with E-state index in [-0.39, 0.29) is 30.7 Å². The van der Waals surface area contributed by atoms with Gasteiger partial charge >= 0.3 is 0 Å². The van der Waals surface area contributed by atoms with E-state index in [1.54, 1.807) is 25.2 Å². The highest BCUT2D eigenvalue weighted by atomic mass is 16.2. The van der Waals surface area contributed by atoms with Gasteiger partial charge < -0.3 is 15.5 Å². The first-order chi connectivity index (χ1) is 9.51. The Labute approximate surface area is 117 Å². The number of carbonyl (C=O) groups excluding carboxylic acids is 3. The molecule has 106 valence electrons. The van der Waals surface area contributed by atoms with Crippen molar-refractivity contribution >= 4 is 23.4 Å². The fraction of sp³-hybridized carbons (Fsp3) is 0.357. The zero-order chi connectivity index (χ0) is 14.7. The van der Waals surface area contributed by atoms with Gasteiger partial charge in [-0.2, -0.15) is 0 Å². The largest absolute Gasteiger partial charge is 0.345 e. The van der Waals surface area contributed by atoms with Crippen LogP contribution in [-0.4, -0.2) is 42.8 Å². The van der Waals surface area contributed by atoms with Crippen molar-refractivity contribution in [2.24, 2.45) is 0 Å². The van der Waals surface area contributed by atoms with Gasteiger partial charge in [0.25, 0.3) is 5.91 Å². The SMILES string of the molecule is CCN(C)C(=O)CNC(=O)c1ccc2c(c1)CC(=O)N2. The Hall–Kier alpha value is -2.37. The van der Waals surface area contributed by atoms with Gasteiger partial charge in [-0.25, -0.2) is 0 Å². The molecule has 2 rings (SSSR count). The van der Waals surface area contributed by atoms with Crippen molar-refractivity contribution in [3.05, 3.63) is 29.3 Å². The maximum absolute atomic E-state index is 12.0. The topological polar surface area (TPSA) is 78.5 Å². The third-order valence-corrected chi connectivity index (χ3v) is 3.29. The van der Waals surface area contributed by atoms with E-state index in [2.05, 4.69) is 10.6 Å². The summed E-state index contributed by atoms with van der Waals surface area (Å²) in [6, 6.07) is 5.01. The monoisotopic (exact) mass is 275 g/mol. The number of likely N-dealkylation sites (N-methyl/N-ethyl adjacent to an activating group) is 1. The van der Waals surface area contributed by atoms with Crippen molar-refractivity contribution in [1.82, 2.24) is 10.2 Å². The molecule has 0 saturated heterocycles. The fourth-order valence-electron chi connectivity index (χ4n) is 1.94. The first-order valence-electron chi connectivity index (χ1n) is 6.46. The predicted molar refractivity (Wildman–Crippen MR) is 74.4 cm³/mol. The molecular weight excluding hydrogens is 258 g/mol. The maximum atomic E-state index is 12.0. The second-order valence-electron chi connectivity index (χ2n) is 4.69. The standard InChI is InChI=1S/C14H17N3O3/c1-3-17(2)13(19)8-15-14(20)9-4-5-11-10(6-9)7-12(18)16-11/h4-6H,3,7-8H2,1-2H3,(H,15,20)(H,16,18). The van der Waals surface area contributed by atoms with Crippen molar-refractivity contribution < 1.29 is 14.4 Å². The van der Waals surface area contributed by atoms with Crippen LogP contribution >= 0.6 is 0 Å². The van der Waals surface area contributed by atoms with Gasteiger partial charge in [-0.15, -0.1) is 0 Å². The third kappa shape index (κ3) is 2.96. The average Bonchev–Trinajstić information content (AvgIpc) is 2.82. The van der Waals surface area contributed by atoms with Crippen LogP contribution < -0.4 is 10.6 Å². The van der Waals surface area contributed by atoms with E-state index in [9.17, 15) is 14.4 Å². The van der Waals surface area contributed by atoms with Crippen LogP contribution in [0.1, 0.15) is 22.8 Å². The van der Waals surface area contributed by atoms with Crippen LogP contribution in [-0.2, 0) is 16.0 Å². The molecule has 0 saturated carbocycles. The molecule has 1 aromatic rings. The lowest BCUT2D eigenvalue weighted by Crippen LogP contribution is -2.38. The number of hydrogen-bond donors (Lipinski definition) is 2. The molecule has 0 aromatic heterocycles. The second kappa shape index (κ2) is 5.73. The van der Waals surface area contributed by atoms with E-state index < -0.39 is 0 Å². The summed E-state index contributed by atoms with van der Waals surface area (Å²) in [6.07, 6.45) is 0.286. The lowest BCUT2D eigenvalue weighted by atomic mass is 10.1.